The van der Waals surface area contributed by atoms with E-state index in [0.717, 1.165) is 12.1 Å². The molecule has 1 aromatic carbocycles. The molecule has 0 unspecified atom stereocenters. The Hall–Kier alpha value is -2.55. The average molecular weight is 299 g/mol. The van der Waals surface area contributed by atoms with Crippen molar-refractivity contribution in [3.63, 3.8) is 0 Å². The van der Waals surface area contributed by atoms with E-state index in [1.165, 1.54) is 18.6 Å². The molecule has 1 heterocycles. The Bertz CT molecular complexity index is 624. The summed E-state index contributed by atoms with van der Waals surface area (Å²) in [5.74, 6) is 4.41. The number of carbonyl (C=O) groups excluding carboxylic acids is 1. The van der Waals surface area contributed by atoms with Crippen molar-refractivity contribution >= 4 is 11.6 Å². The minimum atomic E-state index is -4.61. The highest BCUT2D eigenvalue weighted by molar-refractivity contribution is 5.94. The van der Waals surface area contributed by atoms with Gasteiger partial charge in [0.1, 0.15) is 0 Å². The molecule has 0 aliphatic carbocycles. The van der Waals surface area contributed by atoms with Crippen LogP contribution in [0.4, 0.5) is 18.9 Å². The lowest BCUT2D eigenvalue weighted by atomic mass is 10.1. The zero-order valence-electron chi connectivity index (χ0n) is 10.7. The predicted octanol–water partition coefficient (Wildman–Crippen LogP) is 1.64. The van der Waals surface area contributed by atoms with Gasteiger partial charge in [0, 0.05) is 11.8 Å². The van der Waals surface area contributed by atoms with E-state index < -0.39 is 17.6 Å². The van der Waals surface area contributed by atoms with Crippen molar-refractivity contribution in [2.45, 2.75) is 12.7 Å². The number of nitrogens with zero attached hydrogens (tertiary/aromatic N) is 1. The van der Waals surface area contributed by atoms with E-state index in [1.807, 2.05) is 5.43 Å². The van der Waals surface area contributed by atoms with E-state index in [9.17, 15) is 18.0 Å². The molecule has 1 aromatic heterocycles. The highest BCUT2D eigenvalue weighted by Crippen LogP contribution is 2.35. The molecule has 0 aliphatic heterocycles. The van der Waals surface area contributed by atoms with Gasteiger partial charge in [-0.3, -0.25) is 10.6 Å². The number of carbonyl (C=O) groups is 1. The second-order valence-corrected chi connectivity index (χ2v) is 4.16. The number of imidazole rings is 1. The standard InChI is InChI=1S/C12H12F3N5O/c13-12(14,15)9-3-7(1-2-10(9)20-16)11(21)18-5-8-4-17-6-19-8/h1-4,6,20H,5,16H2,(H,17,19)(H,18,21). The van der Waals surface area contributed by atoms with Crippen LogP contribution >= 0.6 is 0 Å². The summed E-state index contributed by atoms with van der Waals surface area (Å²) in [6.07, 6.45) is -1.67. The van der Waals surface area contributed by atoms with E-state index >= 15 is 0 Å². The Morgan fingerprint density at radius 1 is 1.38 bits per heavy atom. The van der Waals surface area contributed by atoms with Gasteiger partial charge in [-0.15, -0.1) is 0 Å². The Morgan fingerprint density at radius 3 is 2.71 bits per heavy atom. The lowest BCUT2D eigenvalue weighted by Crippen LogP contribution is -2.24. The molecule has 112 valence electrons. The molecular formula is C12H12F3N5O. The van der Waals surface area contributed by atoms with Crippen LogP contribution < -0.4 is 16.6 Å². The summed E-state index contributed by atoms with van der Waals surface area (Å²) < 4.78 is 38.5. The van der Waals surface area contributed by atoms with Crippen LogP contribution in [0.15, 0.2) is 30.7 Å². The van der Waals surface area contributed by atoms with Crippen molar-refractivity contribution in [3.8, 4) is 0 Å². The van der Waals surface area contributed by atoms with Crippen LogP contribution in [0.3, 0.4) is 0 Å². The number of rotatable bonds is 4. The molecular weight excluding hydrogens is 287 g/mol. The highest BCUT2D eigenvalue weighted by atomic mass is 19.4. The number of aromatic nitrogens is 2. The minimum absolute atomic E-state index is 0.110. The first-order valence-corrected chi connectivity index (χ1v) is 5.85. The highest BCUT2D eigenvalue weighted by Gasteiger charge is 2.34. The Balaban J connectivity index is 2.17. The van der Waals surface area contributed by atoms with Crippen LogP contribution in [-0.2, 0) is 12.7 Å². The lowest BCUT2D eigenvalue weighted by Gasteiger charge is -2.13. The van der Waals surface area contributed by atoms with Gasteiger partial charge in [-0.2, -0.15) is 13.2 Å². The molecule has 0 bridgehead atoms. The smallest absolute Gasteiger partial charge is 0.347 e. The van der Waals surface area contributed by atoms with Crippen LogP contribution in [-0.4, -0.2) is 15.9 Å². The van der Waals surface area contributed by atoms with Gasteiger partial charge in [0.15, 0.2) is 0 Å². The number of nitrogens with one attached hydrogen (secondary N) is 3. The molecule has 1 amide bonds. The van der Waals surface area contributed by atoms with Gasteiger partial charge < -0.3 is 15.7 Å². The number of H-pyrrole nitrogens is 1. The van der Waals surface area contributed by atoms with Gasteiger partial charge in [-0.05, 0) is 18.2 Å². The number of benzene rings is 1. The number of halogens is 3. The number of alkyl halides is 3. The molecule has 6 nitrogen and oxygen atoms in total. The van der Waals surface area contributed by atoms with Crippen LogP contribution in [0.25, 0.3) is 0 Å². The van der Waals surface area contributed by atoms with Gasteiger partial charge >= 0.3 is 6.18 Å². The minimum Gasteiger partial charge on any atom is -0.347 e. The van der Waals surface area contributed by atoms with E-state index in [1.54, 1.807) is 0 Å². The van der Waals surface area contributed by atoms with Crippen molar-refractivity contribution in [1.82, 2.24) is 15.3 Å². The summed E-state index contributed by atoms with van der Waals surface area (Å²) in [6, 6.07) is 3.11. The van der Waals surface area contributed by atoms with Crippen molar-refractivity contribution in [2.75, 3.05) is 5.43 Å². The average Bonchev–Trinajstić information content (AvgIpc) is 2.96. The molecule has 9 heteroatoms. The molecule has 0 atom stereocenters. The predicted molar refractivity (Wildman–Crippen MR) is 69.0 cm³/mol. The number of anilines is 1. The number of hydrazine groups is 1. The molecule has 0 spiro atoms. The molecule has 5 N–H and O–H groups in total. The first kappa shape index (κ1) is 14.9. The van der Waals surface area contributed by atoms with Crippen LogP contribution in [0, 0.1) is 0 Å². The quantitative estimate of drug-likeness (QED) is 0.510. The second kappa shape index (κ2) is 5.83. The summed E-state index contributed by atoms with van der Waals surface area (Å²) in [7, 11) is 0. The number of hydrogen-bond donors (Lipinski definition) is 4. The maximum atomic E-state index is 12.8. The lowest BCUT2D eigenvalue weighted by molar-refractivity contribution is -0.137. The summed E-state index contributed by atoms with van der Waals surface area (Å²) in [4.78, 5) is 18.4. The third-order valence-corrected chi connectivity index (χ3v) is 2.74. The molecule has 0 saturated heterocycles. The maximum Gasteiger partial charge on any atom is 0.418 e. The summed E-state index contributed by atoms with van der Waals surface area (Å²) in [5, 5.41) is 2.49. The van der Waals surface area contributed by atoms with Gasteiger partial charge in [0.2, 0.25) is 0 Å². The fourth-order valence-electron chi connectivity index (χ4n) is 1.70. The van der Waals surface area contributed by atoms with Crippen LogP contribution in [0.5, 0.6) is 0 Å². The van der Waals surface area contributed by atoms with E-state index in [-0.39, 0.29) is 17.8 Å². The van der Waals surface area contributed by atoms with Crippen LogP contribution in [0.2, 0.25) is 0 Å². The normalized spacial score (nSPS) is 11.2. The van der Waals surface area contributed by atoms with E-state index in [4.69, 9.17) is 5.84 Å². The summed E-state index contributed by atoms with van der Waals surface area (Å²) in [5.41, 5.74) is 1.19. The van der Waals surface area contributed by atoms with Gasteiger partial charge in [0.25, 0.3) is 5.91 Å². The topological polar surface area (TPSA) is 95.8 Å². The largest absolute Gasteiger partial charge is 0.418 e. The van der Waals surface area contributed by atoms with Gasteiger partial charge in [-0.25, -0.2) is 4.98 Å². The molecule has 0 aliphatic rings. The van der Waals surface area contributed by atoms with Crippen molar-refractivity contribution in [3.05, 3.63) is 47.5 Å². The zero-order valence-corrected chi connectivity index (χ0v) is 10.7. The van der Waals surface area contributed by atoms with Gasteiger partial charge in [-0.1, -0.05) is 0 Å². The molecule has 2 rings (SSSR count). The molecule has 0 fully saturated rings. The van der Waals surface area contributed by atoms with Crippen molar-refractivity contribution < 1.29 is 18.0 Å². The monoisotopic (exact) mass is 299 g/mol. The first-order valence-electron chi connectivity index (χ1n) is 5.85. The van der Waals surface area contributed by atoms with Gasteiger partial charge in [0.05, 0.1) is 29.8 Å². The maximum absolute atomic E-state index is 12.8. The molecule has 0 saturated carbocycles. The molecule has 21 heavy (non-hydrogen) atoms. The van der Waals surface area contributed by atoms with Crippen molar-refractivity contribution in [2.24, 2.45) is 5.84 Å². The number of nitrogen functional groups attached to an aromatic ring is 1. The van der Waals surface area contributed by atoms with Crippen molar-refractivity contribution in [1.29, 1.82) is 0 Å². The second-order valence-electron chi connectivity index (χ2n) is 4.16. The third-order valence-electron chi connectivity index (χ3n) is 2.74. The Kier molecular flexibility index (Phi) is 4.13. The molecule has 2 aromatic rings. The third kappa shape index (κ3) is 3.51. The number of nitrogens with two attached hydrogens (primary N) is 1. The SMILES string of the molecule is NNc1ccc(C(=O)NCc2cnc[nH]2)cc1C(F)(F)F. The summed E-state index contributed by atoms with van der Waals surface area (Å²) >= 11 is 0. The number of aromatic amines is 1. The zero-order chi connectivity index (χ0) is 15.5. The van der Waals surface area contributed by atoms with E-state index in [2.05, 4.69) is 15.3 Å². The number of hydrogen-bond acceptors (Lipinski definition) is 4. The fourth-order valence-corrected chi connectivity index (χ4v) is 1.70. The Morgan fingerprint density at radius 2 is 2.14 bits per heavy atom. The summed E-state index contributed by atoms with van der Waals surface area (Å²) in [6.45, 7) is 0.136. The van der Waals surface area contributed by atoms with Crippen LogP contribution in [0.1, 0.15) is 21.6 Å². The van der Waals surface area contributed by atoms with E-state index in [0.29, 0.717) is 5.69 Å². The molecule has 0 radical (unpaired) electrons. The Labute approximate surface area is 117 Å². The number of amides is 1. The first-order chi connectivity index (χ1) is 9.91. The fraction of sp³-hybridized carbons (Fsp3) is 0.167.